The molecule has 2 saturated heterocycles. The van der Waals surface area contributed by atoms with Crippen LogP contribution in [0.2, 0.25) is 10.0 Å². The number of amides is 1. The van der Waals surface area contributed by atoms with Gasteiger partial charge in [-0.25, -0.2) is 14.4 Å². The molecular weight excluding hydrogens is 567 g/mol. The second-order valence-corrected chi connectivity index (χ2v) is 12.4. The number of aromatic amines is 2. The summed E-state index contributed by atoms with van der Waals surface area (Å²) in [6, 6.07) is 11.4. The number of aromatic nitrogens is 4. The largest absolute Gasteiger partial charge is 0.444 e. The van der Waals surface area contributed by atoms with Gasteiger partial charge in [0, 0.05) is 25.2 Å². The van der Waals surface area contributed by atoms with Gasteiger partial charge in [0.2, 0.25) is 0 Å². The summed E-state index contributed by atoms with van der Waals surface area (Å²) in [5.74, 6) is 0. The van der Waals surface area contributed by atoms with Crippen LogP contribution in [0.15, 0.2) is 46.0 Å². The van der Waals surface area contributed by atoms with Crippen LogP contribution in [0.5, 0.6) is 0 Å². The number of rotatable bonds is 2. The van der Waals surface area contributed by atoms with E-state index in [0.717, 1.165) is 42.5 Å². The van der Waals surface area contributed by atoms with Crippen LogP contribution in [0.4, 0.5) is 4.79 Å². The first-order valence-electron chi connectivity index (χ1n) is 14.0. The number of likely N-dealkylation sites (tertiary alicyclic amines) is 1. The molecular formula is C29H36Cl2N6O4. The molecule has 0 saturated carbocycles. The Morgan fingerprint density at radius 2 is 1.27 bits per heavy atom. The van der Waals surface area contributed by atoms with Gasteiger partial charge in [-0.3, -0.25) is 9.13 Å². The first-order chi connectivity index (χ1) is 19.5. The molecule has 1 amide bonds. The maximum absolute atomic E-state index is 12.3. The molecule has 4 aromatic rings. The minimum atomic E-state index is -0.502. The Balaban J connectivity index is 0.000000174. The highest BCUT2D eigenvalue weighted by Crippen LogP contribution is 2.28. The number of piperidine rings is 2. The minimum Gasteiger partial charge on any atom is -0.444 e. The minimum absolute atomic E-state index is 0.0448. The lowest BCUT2D eigenvalue weighted by Gasteiger charge is -2.33. The number of fused-ring (bicyclic) bond motifs is 2. The van der Waals surface area contributed by atoms with Crippen molar-refractivity contribution in [2.45, 2.75) is 64.1 Å². The first kappa shape index (κ1) is 29.3. The Hall–Kier alpha value is -3.21. The lowest BCUT2D eigenvalue weighted by molar-refractivity contribution is 0.0189. The highest BCUT2D eigenvalue weighted by Gasteiger charge is 2.29. The van der Waals surface area contributed by atoms with E-state index in [4.69, 9.17) is 27.9 Å². The molecule has 3 N–H and O–H groups in total. The molecule has 2 aliphatic rings. The number of carbonyl (C=O) groups is 1. The molecule has 0 aliphatic carbocycles. The molecule has 4 heterocycles. The molecule has 220 valence electrons. The van der Waals surface area contributed by atoms with E-state index in [1.165, 1.54) is 0 Å². The van der Waals surface area contributed by atoms with Crippen molar-refractivity contribution in [1.82, 2.24) is 29.3 Å². The lowest BCUT2D eigenvalue weighted by Crippen LogP contribution is -2.43. The molecule has 0 spiro atoms. The normalized spacial score (nSPS) is 17.0. The van der Waals surface area contributed by atoms with Crippen molar-refractivity contribution in [1.29, 1.82) is 0 Å². The summed E-state index contributed by atoms with van der Waals surface area (Å²) in [4.78, 5) is 43.9. The molecule has 2 aromatic carbocycles. The van der Waals surface area contributed by atoms with E-state index in [1.54, 1.807) is 21.6 Å². The van der Waals surface area contributed by atoms with E-state index in [0.29, 0.717) is 41.5 Å². The summed E-state index contributed by atoms with van der Waals surface area (Å²) in [6.45, 7) is 8.62. The standard InChI is InChI=1S/C17H22ClN3O3.C12H14ClN3O/c1-17(2,3)24-16(23)20-9-7-11(8-10-20)21-13-6-4-5-12(18)14(13)19-15(21)22;13-9-2-1-3-10-11(9)15-12(17)16(10)8-4-6-14-7-5-8/h4-6,11H,7-10H2,1-3H3,(H,19,22);1-3,8,14H,4-7H2,(H,15,17). The van der Waals surface area contributed by atoms with Gasteiger partial charge in [0.15, 0.2) is 0 Å². The summed E-state index contributed by atoms with van der Waals surface area (Å²) in [5.41, 5.74) is 2.42. The van der Waals surface area contributed by atoms with Crippen LogP contribution in [0.25, 0.3) is 22.1 Å². The van der Waals surface area contributed by atoms with Crippen molar-refractivity contribution in [3.63, 3.8) is 0 Å². The van der Waals surface area contributed by atoms with Crippen LogP contribution in [-0.4, -0.2) is 61.9 Å². The summed E-state index contributed by atoms with van der Waals surface area (Å²) in [7, 11) is 0. The van der Waals surface area contributed by atoms with Gasteiger partial charge in [-0.15, -0.1) is 0 Å². The Bertz CT molecular complexity index is 1650. The number of hydrogen-bond donors (Lipinski definition) is 3. The number of hydrogen-bond acceptors (Lipinski definition) is 5. The average Bonchev–Trinajstić information content (AvgIpc) is 3.46. The van der Waals surface area contributed by atoms with Crippen LogP contribution in [-0.2, 0) is 4.74 Å². The summed E-state index contributed by atoms with van der Waals surface area (Å²) < 4.78 is 9.01. The molecule has 0 unspecified atom stereocenters. The fourth-order valence-electron chi connectivity index (χ4n) is 5.65. The maximum atomic E-state index is 12.3. The number of nitrogens with zero attached hydrogens (tertiary/aromatic N) is 3. The smallest absolute Gasteiger partial charge is 0.410 e. The predicted octanol–water partition coefficient (Wildman–Crippen LogP) is 5.46. The Kier molecular flexibility index (Phi) is 8.54. The quantitative estimate of drug-likeness (QED) is 0.281. The Labute approximate surface area is 247 Å². The zero-order valence-corrected chi connectivity index (χ0v) is 25.0. The van der Waals surface area contributed by atoms with Gasteiger partial charge < -0.3 is 24.9 Å². The number of benzene rings is 2. The van der Waals surface area contributed by atoms with E-state index < -0.39 is 5.60 Å². The van der Waals surface area contributed by atoms with Crippen molar-refractivity contribution < 1.29 is 9.53 Å². The van der Waals surface area contributed by atoms with Gasteiger partial charge in [0.05, 0.1) is 32.1 Å². The molecule has 6 rings (SSSR count). The van der Waals surface area contributed by atoms with Gasteiger partial charge in [-0.1, -0.05) is 35.3 Å². The van der Waals surface area contributed by atoms with Crippen LogP contribution < -0.4 is 16.7 Å². The van der Waals surface area contributed by atoms with Crippen molar-refractivity contribution >= 4 is 51.4 Å². The van der Waals surface area contributed by atoms with E-state index >= 15 is 0 Å². The van der Waals surface area contributed by atoms with Crippen LogP contribution in [0.1, 0.15) is 58.5 Å². The van der Waals surface area contributed by atoms with Crippen LogP contribution in [0.3, 0.4) is 0 Å². The van der Waals surface area contributed by atoms with Gasteiger partial charge >= 0.3 is 17.5 Å². The van der Waals surface area contributed by atoms with Crippen LogP contribution in [0, 0.1) is 0 Å². The maximum Gasteiger partial charge on any atom is 0.410 e. The van der Waals surface area contributed by atoms with E-state index in [1.807, 2.05) is 49.6 Å². The summed E-state index contributed by atoms with van der Waals surface area (Å²) >= 11 is 12.2. The van der Waals surface area contributed by atoms with Gasteiger partial charge in [-0.2, -0.15) is 0 Å². The number of para-hydroxylation sites is 2. The third-order valence-electron chi connectivity index (χ3n) is 7.56. The number of carbonyl (C=O) groups excluding carboxylic acids is 1. The molecule has 2 aliphatic heterocycles. The molecule has 10 nitrogen and oxygen atoms in total. The van der Waals surface area contributed by atoms with Crippen molar-refractivity contribution in [3.8, 4) is 0 Å². The van der Waals surface area contributed by atoms with Crippen molar-refractivity contribution in [2.75, 3.05) is 26.2 Å². The van der Waals surface area contributed by atoms with Crippen LogP contribution >= 0.6 is 23.2 Å². The SMILES string of the molecule is CC(C)(C)OC(=O)N1CCC(n2c(=O)[nH]c3c(Cl)cccc32)CC1.O=c1[nH]c2c(Cl)cccc2n1C1CCNCC1. The van der Waals surface area contributed by atoms with Crippen molar-refractivity contribution in [3.05, 3.63) is 67.4 Å². The highest BCUT2D eigenvalue weighted by molar-refractivity contribution is 6.35. The Morgan fingerprint density at radius 3 is 1.73 bits per heavy atom. The zero-order valence-electron chi connectivity index (χ0n) is 23.5. The van der Waals surface area contributed by atoms with E-state index in [9.17, 15) is 14.4 Å². The number of halogens is 2. The average molecular weight is 604 g/mol. The fourth-order valence-corrected chi connectivity index (χ4v) is 6.08. The molecule has 0 atom stereocenters. The zero-order chi connectivity index (χ0) is 29.3. The highest BCUT2D eigenvalue weighted by atomic mass is 35.5. The number of imidazole rings is 2. The Morgan fingerprint density at radius 1 is 0.805 bits per heavy atom. The van der Waals surface area contributed by atoms with E-state index in [-0.39, 0.29) is 29.6 Å². The first-order valence-corrected chi connectivity index (χ1v) is 14.7. The van der Waals surface area contributed by atoms with Gasteiger partial charge in [0.25, 0.3) is 0 Å². The number of ether oxygens (including phenoxy) is 1. The summed E-state index contributed by atoms with van der Waals surface area (Å²) in [6.07, 6.45) is 3.09. The second kappa shape index (κ2) is 12.0. The lowest BCUT2D eigenvalue weighted by atomic mass is 10.0. The topological polar surface area (TPSA) is 117 Å². The predicted molar refractivity (Wildman–Crippen MR) is 162 cm³/mol. The monoisotopic (exact) mass is 602 g/mol. The summed E-state index contributed by atoms with van der Waals surface area (Å²) in [5, 5.41) is 4.44. The molecule has 12 heteroatoms. The molecule has 2 aromatic heterocycles. The number of H-pyrrole nitrogens is 2. The van der Waals surface area contributed by atoms with Gasteiger partial charge in [-0.05, 0) is 83.8 Å². The van der Waals surface area contributed by atoms with Crippen molar-refractivity contribution in [2.24, 2.45) is 0 Å². The third-order valence-corrected chi connectivity index (χ3v) is 8.19. The third kappa shape index (κ3) is 6.34. The molecule has 0 bridgehead atoms. The molecule has 41 heavy (non-hydrogen) atoms. The number of nitrogens with one attached hydrogen (secondary N) is 3. The van der Waals surface area contributed by atoms with E-state index in [2.05, 4.69) is 15.3 Å². The fraction of sp³-hybridized carbons (Fsp3) is 0.483. The molecule has 2 fully saturated rings. The second-order valence-electron chi connectivity index (χ2n) is 11.5. The molecule has 0 radical (unpaired) electrons. The van der Waals surface area contributed by atoms with Gasteiger partial charge in [0.1, 0.15) is 5.60 Å².